The average molecular weight is 368 g/mol. The number of halogens is 2. The summed E-state index contributed by atoms with van der Waals surface area (Å²) in [5.74, 6) is -0.341. The van der Waals surface area contributed by atoms with E-state index in [1.165, 1.54) is 0 Å². The molecule has 0 aliphatic rings. The Morgan fingerprint density at radius 1 is 1.09 bits per heavy atom. The molecule has 0 aliphatic heterocycles. The van der Waals surface area contributed by atoms with Crippen molar-refractivity contribution in [3.8, 4) is 0 Å². The van der Waals surface area contributed by atoms with Gasteiger partial charge in [0.15, 0.2) is 0 Å². The molecule has 0 unspecified atom stereocenters. The van der Waals surface area contributed by atoms with Crippen molar-refractivity contribution in [3.05, 3.63) is 57.6 Å². The minimum atomic E-state index is -1.98. The van der Waals surface area contributed by atoms with Crippen molar-refractivity contribution in [2.24, 2.45) is 0 Å². The van der Waals surface area contributed by atoms with Crippen LogP contribution in [0.3, 0.4) is 0 Å². The summed E-state index contributed by atoms with van der Waals surface area (Å²) in [6, 6.07) is 10.8. The molecule has 3 nitrogen and oxygen atoms in total. The van der Waals surface area contributed by atoms with Crippen molar-refractivity contribution < 1.29 is 9.22 Å². The molecule has 0 aliphatic carbocycles. The maximum Gasteiger partial charge on any atom is 0.326 e. The van der Waals surface area contributed by atoms with Crippen LogP contribution in [0.1, 0.15) is 15.9 Å². The van der Waals surface area contributed by atoms with Crippen LogP contribution in [0.2, 0.25) is 29.7 Å². The molecular weight excluding hydrogens is 349 g/mol. The fraction of sp³-hybridized carbons (Fsp3) is 0.235. The van der Waals surface area contributed by atoms with Gasteiger partial charge in [-0.25, -0.2) is 4.79 Å². The summed E-state index contributed by atoms with van der Waals surface area (Å²) >= 11 is 12.6. The number of benzene rings is 2. The molecule has 2 rings (SSSR count). The van der Waals surface area contributed by atoms with Gasteiger partial charge < -0.3 is 9.74 Å². The van der Waals surface area contributed by atoms with Gasteiger partial charge in [0.05, 0.1) is 27.0 Å². The van der Waals surface area contributed by atoms with Crippen molar-refractivity contribution in [2.75, 3.05) is 5.32 Å². The van der Waals surface area contributed by atoms with E-state index >= 15 is 0 Å². The van der Waals surface area contributed by atoms with Gasteiger partial charge >= 0.3 is 5.97 Å². The predicted octanol–water partition coefficient (Wildman–Crippen LogP) is 6.04. The summed E-state index contributed by atoms with van der Waals surface area (Å²) in [6.45, 7) is 7.80. The number of rotatable bonds is 4. The van der Waals surface area contributed by atoms with Gasteiger partial charge in [0.25, 0.3) is 0 Å². The Balaban J connectivity index is 2.39. The molecule has 0 aromatic heterocycles. The molecule has 1 N–H and O–H groups in total. The Morgan fingerprint density at radius 3 is 2.39 bits per heavy atom. The van der Waals surface area contributed by atoms with E-state index in [4.69, 9.17) is 27.6 Å². The monoisotopic (exact) mass is 367 g/mol. The summed E-state index contributed by atoms with van der Waals surface area (Å²) in [5, 5.41) is 4.19. The number of aryl methyl sites for hydroxylation is 1. The molecular formula is C17H19Cl2NO2Si. The highest BCUT2D eigenvalue weighted by atomic mass is 35.5. The van der Waals surface area contributed by atoms with Crippen LogP contribution in [0.4, 0.5) is 11.4 Å². The van der Waals surface area contributed by atoms with Crippen LogP contribution in [0.15, 0.2) is 36.4 Å². The third-order valence-corrected chi connectivity index (χ3v) is 4.69. The highest BCUT2D eigenvalue weighted by molar-refractivity contribution is 6.71. The molecule has 0 amide bonds. The molecule has 122 valence electrons. The predicted molar refractivity (Wildman–Crippen MR) is 99.7 cm³/mol. The Labute approximate surface area is 147 Å². The molecule has 0 fully saturated rings. The molecule has 2 aromatic carbocycles. The van der Waals surface area contributed by atoms with E-state index in [1.54, 1.807) is 24.3 Å². The number of nitrogens with one attached hydrogen (secondary N) is 1. The highest BCUT2D eigenvalue weighted by Gasteiger charge is 2.23. The van der Waals surface area contributed by atoms with Crippen LogP contribution < -0.4 is 5.32 Å². The second kappa shape index (κ2) is 6.95. The van der Waals surface area contributed by atoms with Crippen molar-refractivity contribution in [1.29, 1.82) is 0 Å². The first kappa shape index (κ1) is 17.9. The summed E-state index contributed by atoms with van der Waals surface area (Å²) in [6.07, 6.45) is 0. The van der Waals surface area contributed by atoms with Crippen molar-refractivity contribution >= 4 is 48.9 Å². The summed E-state index contributed by atoms with van der Waals surface area (Å²) in [4.78, 5) is 12.4. The largest absolute Gasteiger partial charge is 0.516 e. The summed E-state index contributed by atoms with van der Waals surface area (Å²) < 4.78 is 5.58. The zero-order valence-electron chi connectivity index (χ0n) is 13.5. The Morgan fingerprint density at radius 2 is 1.74 bits per heavy atom. The Kier molecular flexibility index (Phi) is 5.40. The number of anilines is 2. The topological polar surface area (TPSA) is 38.3 Å². The van der Waals surface area contributed by atoms with Gasteiger partial charge in [0, 0.05) is 0 Å². The number of hydrogen-bond donors (Lipinski definition) is 1. The molecule has 0 radical (unpaired) electrons. The molecule has 0 saturated carbocycles. The first-order valence-electron chi connectivity index (χ1n) is 7.23. The third kappa shape index (κ3) is 4.50. The van der Waals surface area contributed by atoms with Crippen molar-refractivity contribution in [2.45, 2.75) is 26.6 Å². The van der Waals surface area contributed by atoms with Gasteiger partial charge in [-0.15, -0.1) is 0 Å². The van der Waals surface area contributed by atoms with Gasteiger partial charge in [-0.05, 0) is 50.3 Å². The smallest absolute Gasteiger partial charge is 0.326 e. The third-order valence-electron chi connectivity index (χ3n) is 3.09. The van der Waals surface area contributed by atoms with E-state index < -0.39 is 8.32 Å². The average Bonchev–Trinajstić information content (AvgIpc) is 2.46. The maximum atomic E-state index is 12.4. The summed E-state index contributed by atoms with van der Waals surface area (Å²) in [5.41, 5.74) is 2.57. The number of carbonyl (C=O) groups is 1. The molecule has 0 heterocycles. The standard InChI is InChI=1S/C17H19Cl2NO2Si/c1-11-9-10-13(18)16(15(11)19)20-14-8-6-5-7-12(14)17(21)22-23(2,3)4/h5-10,20H,1-4H3. The van der Waals surface area contributed by atoms with Crippen LogP contribution in [-0.4, -0.2) is 14.3 Å². The molecule has 0 bridgehead atoms. The SMILES string of the molecule is Cc1ccc(Cl)c(Nc2ccccc2C(=O)O[Si](C)(C)C)c1Cl. The minimum absolute atomic E-state index is 0.341. The molecule has 0 spiro atoms. The van der Waals surface area contributed by atoms with Gasteiger partial charge in [0.1, 0.15) is 0 Å². The molecule has 0 atom stereocenters. The van der Waals surface area contributed by atoms with E-state index in [1.807, 2.05) is 38.7 Å². The number of carbonyl (C=O) groups excluding carboxylic acids is 1. The van der Waals surface area contributed by atoms with Crippen LogP contribution in [0.25, 0.3) is 0 Å². The highest BCUT2D eigenvalue weighted by Crippen LogP contribution is 2.36. The lowest BCUT2D eigenvalue weighted by molar-refractivity contribution is 0.0725. The Hall–Kier alpha value is -1.49. The van der Waals surface area contributed by atoms with Gasteiger partial charge in [-0.1, -0.05) is 41.4 Å². The molecule has 6 heteroatoms. The normalized spacial score (nSPS) is 11.2. The van der Waals surface area contributed by atoms with Crippen LogP contribution in [0, 0.1) is 6.92 Å². The lowest BCUT2D eigenvalue weighted by Crippen LogP contribution is -2.29. The maximum absolute atomic E-state index is 12.4. The lowest BCUT2D eigenvalue weighted by Gasteiger charge is -2.20. The van der Waals surface area contributed by atoms with E-state index in [2.05, 4.69) is 5.32 Å². The van der Waals surface area contributed by atoms with Crippen molar-refractivity contribution in [3.63, 3.8) is 0 Å². The minimum Gasteiger partial charge on any atom is -0.516 e. The van der Waals surface area contributed by atoms with Crippen LogP contribution in [0.5, 0.6) is 0 Å². The van der Waals surface area contributed by atoms with E-state index in [0.29, 0.717) is 27.0 Å². The van der Waals surface area contributed by atoms with Gasteiger partial charge in [-0.2, -0.15) is 0 Å². The quantitative estimate of drug-likeness (QED) is 0.669. The second-order valence-corrected chi connectivity index (χ2v) is 11.4. The van der Waals surface area contributed by atoms with E-state index in [0.717, 1.165) is 5.56 Å². The van der Waals surface area contributed by atoms with Crippen LogP contribution >= 0.6 is 23.2 Å². The fourth-order valence-electron chi connectivity index (χ4n) is 2.01. The number of para-hydroxylation sites is 1. The molecule has 23 heavy (non-hydrogen) atoms. The van der Waals surface area contributed by atoms with Gasteiger partial charge in [0.2, 0.25) is 8.32 Å². The van der Waals surface area contributed by atoms with Crippen molar-refractivity contribution in [1.82, 2.24) is 0 Å². The summed E-state index contributed by atoms with van der Waals surface area (Å²) in [7, 11) is -1.98. The lowest BCUT2D eigenvalue weighted by atomic mass is 10.1. The first-order chi connectivity index (χ1) is 10.7. The number of hydrogen-bond acceptors (Lipinski definition) is 3. The molecule has 0 saturated heterocycles. The van der Waals surface area contributed by atoms with E-state index in [-0.39, 0.29) is 5.97 Å². The van der Waals surface area contributed by atoms with Gasteiger partial charge in [-0.3, -0.25) is 0 Å². The Bertz CT molecular complexity index is 742. The second-order valence-electron chi connectivity index (χ2n) is 6.23. The van der Waals surface area contributed by atoms with E-state index in [9.17, 15) is 4.79 Å². The first-order valence-corrected chi connectivity index (χ1v) is 11.4. The van der Waals surface area contributed by atoms with Crippen LogP contribution in [-0.2, 0) is 4.43 Å². The zero-order valence-corrected chi connectivity index (χ0v) is 16.0. The molecule has 2 aromatic rings. The zero-order chi connectivity index (χ0) is 17.2. The fourth-order valence-corrected chi connectivity index (χ4v) is 3.14.